The van der Waals surface area contributed by atoms with Gasteiger partial charge in [-0.3, -0.25) is 5.32 Å². The van der Waals surface area contributed by atoms with Crippen molar-refractivity contribution in [3.63, 3.8) is 0 Å². The monoisotopic (exact) mass is 227 g/mol. The van der Waals surface area contributed by atoms with Gasteiger partial charge in [0.25, 0.3) is 0 Å². The maximum Gasteiger partial charge on any atom is 0.326 e. The molecule has 0 radical (unpaired) electrons. The highest BCUT2D eigenvalue weighted by Gasteiger charge is 2.03. The van der Waals surface area contributed by atoms with Gasteiger partial charge >= 0.3 is 6.03 Å². The molecule has 2 amide bonds. The van der Waals surface area contributed by atoms with E-state index in [-0.39, 0.29) is 0 Å². The Morgan fingerprint density at radius 1 is 1.29 bits per heavy atom. The zero-order valence-corrected chi connectivity index (χ0v) is 8.77. The summed E-state index contributed by atoms with van der Waals surface area (Å²) < 4.78 is 0. The number of carbonyl (C=O) groups is 1. The number of H-pyrrole nitrogens is 1. The maximum atomic E-state index is 11.5. The fourth-order valence-corrected chi connectivity index (χ4v) is 1.23. The molecule has 0 saturated heterocycles. The second kappa shape index (κ2) is 4.81. The molecular formula is C11H9N5O. The Morgan fingerprint density at radius 2 is 2.06 bits per heavy atom. The topological polar surface area (TPSA) is 93.6 Å². The summed E-state index contributed by atoms with van der Waals surface area (Å²) in [6.45, 7) is 0. The molecule has 0 atom stereocenters. The van der Waals surface area contributed by atoms with E-state index in [9.17, 15) is 4.79 Å². The molecule has 1 aromatic heterocycles. The number of nitrogens with one attached hydrogen (secondary N) is 3. The van der Waals surface area contributed by atoms with E-state index in [1.54, 1.807) is 30.5 Å². The zero-order valence-electron chi connectivity index (χ0n) is 8.77. The number of hydrogen-bond donors (Lipinski definition) is 3. The Morgan fingerprint density at radius 3 is 2.65 bits per heavy atom. The Hall–Kier alpha value is -2.81. The SMILES string of the molecule is N#Cc1ccc(NC(=O)Nc2ncc[nH]2)cc1. The molecule has 3 N–H and O–H groups in total. The minimum atomic E-state index is -0.398. The van der Waals surface area contributed by atoms with Gasteiger partial charge in [-0.25, -0.2) is 9.78 Å². The summed E-state index contributed by atoms with van der Waals surface area (Å²) in [7, 11) is 0. The number of amides is 2. The zero-order chi connectivity index (χ0) is 12.1. The molecule has 1 heterocycles. The highest BCUT2D eigenvalue weighted by atomic mass is 16.2. The molecule has 2 rings (SSSR count). The Labute approximate surface area is 97.3 Å². The van der Waals surface area contributed by atoms with Gasteiger partial charge in [0, 0.05) is 18.1 Å². The summed E-state index contributed by atoms with van der Waals surface area (Å²) in [5, 5.41) is 13.7. The second-order valence-electron chi connectivity index (χ2n) is 3.21. The summed E-state index contributed by atoms with van der Waals surface area (Å²) in [5.74, 6) is 0.371. The predicted molar refractivity (Wildman–Crippen MR) is 62.4 cm³/mol. The molecule has 6 nitrogen and oxygen atoms in total. The lowest BCUT2D eigenvalue weighted by molar-refractivity contribution is 0.262. The van der Waals surface area contributed by atoms with E-state index in [1.807, 2.05) is 6.07 Å². The first-order valence-corrected chi connectivity index (χ1v) is 4.85. The first-order valence-electron chi connectivity index (χ1n) is 4.85. The van der Waals surface area contributed by atoms with E-state index >= 15 is 0 Å². The molecule has 1 aromatic carbocycles. The highest BCUT2D eigenvalue weighted by Crippen LogP contribution is 2.09. The normalized spacial score (nSPS) is 9.35. The Bertz CT molecular complexity index is 538. The van der Waals surface area contributed by atoms with Crippen LogP contribution in [0.15, 0.2) is 36.7 Å². The first-order chi connectivity index (χ1) is 8.28. The van der Waals surface area contributed by atoms with Crippen molar-refractivity contribution in [1.29, 1.82) is 5.26 Å². The van der Waals surface area contributed by atoms with Crippen molar-refractivity contribution < 1.29 is 4.79 Å². The number of aromatic amines is 1. The van der Waals surface area contributed by atoms with E-state index in [4.69, 9.17) is 5.26 Å². The van der Waals surface area contributed by atoms with Crippen LogP contribution < -0.4 is 10.6 Å². The summed E-state index contributed by atoms with van der Waals surface area (Å²) in [6.07, 6.45) is 3.15. The van der Waals surface area contributed by atoms with E-state index < -0.39 is 6.03 Å². The third-order valence-electron chi connectivity index (χ3n) is 2.00. The lowest BCUT2D eigenvalue weighted by Crippen LogP contribution is -2.20. The maximum absolute atomic E-state index is 11.5. The van der Waals surface area contributed by atoms with Gasteiger partial charge in [0.05, 0.1) is 11.6 Å². The van der Waals surface area contributed by atoms with Crippen LogP contribution in [0.4, 0.5) is 16.4 Å². The highest BCUT2D eigenvalue weighted by molar-refractivity contribution is 5.98. The number of urea groups is 1. The summed E-state index contributed by atoms with van der Waals surface area (Å²) in [5.41, 5.74) is 1.15. The number of benzene rings is 1. The van der Waals surface area contributed by atoms with Crippen LogP contribution in [-0.2, 0) is 0 Å². The summed E-state index contributed by atoms with van der Waals surface area (Å²) >= 11 is 0. The van der Waals surface area contributed by atoms with E-state index in [2.05, 4.69) is 20.6 Å². The van der Waals surface area contributed by atoms with Crippen molar-refractivity contribution >= 4 is 17.7 Å². The Kier molecular flexibility index (Phi) is 3.03. The van der Waals surface area contributed by atoms with Gasteiger partial charge in [0.1, 0.15) is 0 Å². The van der Waals surface area contributed by atoms with Gasteiger partial charge in [-0.05, 0) is 24.3 Å². The number of nitriles is 1. The van der Waals surface area contributed by atoms with Gasteiger partial charge in [-0.2, -0.15) is 5.26 Å². The summed E-state index contributed by atoms with van der Waals surface area (Å²) in [4.78, 5) is 18.1. The molecule has 0 spiro atoms. The van der Waals surface area contributed by atoms with E-state index in [1.165, 1.54) is 6.20 Å². The lowest BCUT2D eigenvalue weighted by Gasteiger charge is -2.05. The van der Waals surface area contributed by atoms with Crippen LogP contribution in [0.5, 0.6) is 0 Å². The molecule has 0 unspecified atom stereocenters. The minimum Gasteiger partial charge on any atom is -0.331 e. The van der Waals surface area contributed by atoms with Gasteiger partial charge in [-0.1, -0.05) is 0 Å². The van der Waals surface area contributed by atoms with Crippen molar-refractivity contribution in [2.24, 2.45) is 0 Å². The average Bonchev–Trinajstić information content (AvgIpc) is 2.82. The molecule has 0 aliphatic carbocycles. The number of nitrogens with zero attached hydrogens (tertiary/aromatic N) is 2. The van der Waals surface area contributed by atoms with Crippen LogP contribution in [0, 0.1) is 11.3 Å². The van der Waals surface area contributed by atoms with Crippen LogP contribution in [-0.4, -0.2) is 16.0 Å². The molecule has 17 heavy (non-hydrogen) atoms. The third kappa shape index (κ3) is 2.82. The third-order valence-corrected chi connectivity index (χ3v) is 2.00. The molecular weight excluding hydrogens is 218 g/mol. The minimum absolute atomic E-state index is 0.371. The van der Waals surface area contributed by atoms with Crippen molar-refractivity contribution in [3.05, 3.63) is 42.2 Å². The second-order valence-corrected chi connectivity index (χ2v) is 3.21. The molecule has 84 valence electrons. The standard InChI is InChI=1S/C11H9N5O/c12-7-8-1-3-9(4-2-8)15-11(17)16-10-13-5-6-14-10/h1-6H,(H3,13,14,15,16,17). The molecule has 0 fully saturated rings. The molecule has 0 bridgehead atoms. The molecule has 0 aliphatic rings. The fourth-order valence-electron chi connectivity index (χ4n) is 1.23. The van der Waals surface area contributed by atoms with Crippen LogP contribution >= 0.6 is 0 Å². The van der Waals surface area contributed by atoms with Crippen LogP contribution in [0.25, 0.3) is 0 Å². The van der Waals surface area contributed by atoms with E-state index in [0.29, 0.717) is 17.2 Å². The smallest absolute Gasteiger partial charge is 0.326 e. The molecule has 2 aromatic rings. The van der Waals surface area contributed by atoms with Gasteiger partial charge in [0.15, 0.2) is 0 Å². The van der Waals surface area contributed by atoms with Gasteiger partial charge < -0.3 is 10.3 Å². The van der Waals surface area contributed by atoms with Crippen LogP contribution in [0.2, 0.25) is 0 Å². The molecule has 6 heteroatoms. The number of hydrogen-bond acceptors (Lipinski definition) is 3. The van der Waals surface area contributed by atoms with Crippen molar-refractivity contribution in [2.45, 2.75) is 0 Å². The number of carbonyl (C=O) groups excluding carboxylic acids is 1. The summed E-state index contributed by atoms with van der Waals surface area (Å²) in [6, 6.07) is 8.16. The van der Waals surface area contributed by atoms with Gasteiger partial charge in [0.2, 0.25) is 5.95 Å². The van der Waals surface area contributed by atoms with Crippen LogP contribution in [0.1, 0.15) is 5.56 Å². The van der Waals surface area contributed by atoms with Crippen molar-refractivity contribution in [3.8, 4) is 6.07 Å². The largest absolute Gasteiger partial charge is 0.331 e. The quantitative estimate of drug-likeness (QED) is 0.731. The number of aromatic nitrogens is 2. The van der Waals surface area contributed by atoms with Crippen molar-refractivity contribution in [2.75, 3.05) is 10.6 Å². The number of imidazole rings is 1. The van der Waals surface area contributed by atoms with Crippen LogP contribution in [0.3, 0.4) is 0 Å². The van der Waals surface area contributed by atoms with Crippen molar-refractivity contribution in [1.82, 2.24) is 9.97 Å². The lowest BCUT2D eigenvalue weighted by atomic mass is 10.2. The number of anilines is 2. The molecule has 0 saturated carbocycles. The fraction of sp³-hybridized carbons (Fsp3) is 0. The number of rotatable bonds is 2. The first kappa shape index (κ1) is 10.7. The predicted octanol–water partition coefficient (Wildman–Crippen LogP) is 1.93. The van der Waals surface area contributed by atoms with Gasteiger partial charge in [-0.15, -0.1) is 0 Å². The average molecular weight is 227 g/mol. The Balaban J connectivity index is 1.96. The molecule has 0 aliphatic heterocycles. The van der Waals surface area contributed by atoms with E-state index in [0.717, 1.165) is 0 Å².